The second-order valence-electron chi connectivity index (χ2n) is 12.0. The molecule has 10 heteroatoms. The predicted molar refractivity (Wildman–Crippen MR) is 162 cm³/mol. The topological polar surface area (TPSA) is 129 Å². The summed E-state index contributed by atoms with van der Waals surface area (Å²) in [5.41, 5.74) is 8.61. The third-order valence-corrected chi connectivity index (χ3v) is 9.24. The highest BCUT2D eigenvalue weighted by molar-refractivity contribution is 5.96. The normalized spacial score (nSPS) is 23.3. The van der Waals surface area contributed by atoms with Gasteiger partial charge in [-0.25, -0.2) is 9.97 Å². The van der Waals surface area contributed by atoms with Crippen LogP contribution >= 0.6 is 0 Å². The lowest BCUT2D eigenvalue weighted by molar-refractivity contribution is 0.0963. The third-order valence-electron chi connectivity index (χ3n) is 9.24. The Hall–Kier alpha value is -2.95. The summed E-state index contributed by atoms with van der Waals surface area (Å²) in [4.78, 5) is 27.0. The zero-order valence-electron chi connectivity index (χ0n) is 24.9. The van der Waals surface area contributed by atoms with Gasteiger partial charge in [-0.15, -0.1) is 0 Å². The van der Waals surface area contributed by atoms with Crippen LogP contribution in [-0.2, 0) is 6.42 Å². The molecule has 1 aromatic carbocycles. The Labute approximate surface area is 244 Å². The van der Waals surface area contributed by atoms with E-state index in [2.05, 4.69) is 38.5 Å². The number of likely N-dealkylation sites (tertiary alicyclic amines) is 2. The molecule has 0 bridgehead atoms. The fourth-order valence-electron chi connectivity index (χ4n) is 6.71. The average molecular weight is 566 g/mol. The molecule has 10 nitrogen and oxygen atoms in total. The summed E-state index contributed by atoms with van der Waals surface area (Å²) in [5, 5.41) is 16.8. The second kappa shape index (κ2) is 13.4. The average Bonchev–Trinajstić information content (AvgIpc) is 2.99. The Morgan fingerprint density at radius 2 is 1.73 bits per heavy atom. The van der Waals surface area contributed by atoms with Crippen LogP contribution in [0.2, 0.25) is 0 Å². The molecule has 0 spiro atoms. The van der Waals surface area contributed by atoms with E-state index < -0.39 is 5.91 Å². The molecule has 3 fully saturated rings. The van der Waals surface area contributed by atoms with Gasteiger partial charge in [-0.1, -0.05) is 6.92 Å². The van der Waals surface area contributed by atoms with Crippen molar-refractivity contribution in [2.75, 3.05) is 51.0 Å². The van der Waals surface area contributed by atoms with Crippen LogP contribution in [0.3, 0.4) is 0 Å². The van der Waals surface area contributed by atoms with Crippen molar-refractivity contribution in [2.45, 2.75) is 88.8 Å². The van der Waals surface area contributed by atoms with E-state index >= 15 is 0 Å². The number of ether oxygens (including phenoxy) is 1. The number of rotatable bonds is 9. The van der Waals surface area contributed by atoms with Gasteiger partial charge in [0.25, 0.3) is 5.91 Å². The van der Waals surface area contributed by atoms with Gasteiger partial charge in [0.2, 0.25) is 0 Å². The number of nitrogens with two attached hydrogens (primary N) is 1. The Morgan fingerprint density at radius 1 is 1.02 bits per heavy atom. The second-order valence-corrected chi connectivity index (χ2v) is 12.0. The quantitative estimate of drug-likeness (QED) is 0.358. The zero-order valence-corrected chi connectivity index (χ0v) is 24.9. The van der Waals surface area contributed by atoms with E-state index in [-0.39, 0.29) is 17.8 Å². The highest BCUT2D eigenvalue weighted by atomic mass is 16.5. The van der Waals surface area contributed by atoms with Crippen LogP contribution in [0.1, 0.15) is 86.0 Å². The minimum absolute atomic E-state index is 0.135. The van der Waals surface area contributed by atoms with Crippen molar-refractivity contribution in [3.8, 4) is 5.75 Å². The maximum atomic E-state index is 12.4. The molecule has 1 amide bonds. The first-order valence-corrected chi connectivity index (χ1v) is 15.4. The molecule has 2 aromatic rings. The van der Waals surface area contributed by atoms with Crippen LogP contribution in [0, 0.1) is 0 Å². The summed E-state index contributed by atoms with van der Waals surface area (Å²) in [5.74, 6) is 1.68. The molecule has 2 aliphatic heterocycles. The summed E-state index contributed by atoms with van der Waals surface area (Å²) in [6.07, 6.45) is 8.34. The number of aliphatic hydroxyl groups excluding tert-OH is 1. The largest absolute Gasteiger partial charge is 0.496 e. The van der Waals surface area contributed by atoms with Crippen molar-refractivity contribution >= 4 is 23.2 Å². The van der Waals surface area contributed by atoms with Crippen LogP contribution in [0.15, 0.2) is 18.2 Å². The lowest BCUT2D eigenvalue weighted by atomic mass is 9.87. The SMILES string of the molecule is CCc1nc(C(N)=O)c(Nc2ccc(OC)c(C3CCN(C4CCN(C)CC4)CC3)c2)nc1NC1CCC(O)CC1. The fraction of sp³-hybridized carbons (Fsp3) is 0.645. The third kappa shape index (κ3) is 7.10. The smallest absolute Gasteiger partial charge is 0.271 e. The summed E-state index contributed by atoms with van der Waals surface area (Å²) < 4.78 is 5.79. The molecule has 1 aromatic heterocycles. The number of methoxy groups -OCH3 is 1. The van der Waals surface area contributed by atoms with Crippen LogP contribution in [0.5, 0.6) is 5.75 Å². The number of carbonyl (C=O) groups excluding carboxylic acids is 1. The van der Waals surface area contributed by atoms with Gasteiger partial charge < -0.3 is 36.0 Å². The number of aromatic nitrogens is 2. The molecule has 2 saturated heterocycles. The first-order valence-electron chi connectivity index (χ1n) is 15.4. The van der Waals surface area contributed by atoms with Crippen molar-refractivity contribution in [2.24, 2.45) is 5.73 Å². The van der Waals surface area contributed by atoms with Gasteiger partial charge in [-0.05, 0) is 121 Å². The maximum absolute atomic E-state index is 12.4. The van der Waals surface area contributed by atoms with Gasteiger partial charge in [0.1, 0.15) is 11.6 Å². The van der Waals surface area contributed by atoms with E-state index in [4.69, 9.17) is 15.5 Å². The molecule has 1 aliphatic carbocycles. The highest BCUT2D eigenvalue weighted by Crippen LogP contribution is 2.38. The van der Waals surface area contributed by atoms with Crippen LogP contribution < -0.4 is 21.1 Å². The lowest BCUT2D eigenvalue weighted by Gasteiger charge is -2.41. The minimum atomic E-state index is -0.614. The molecular weight excluding hydrogens is 518 g/mol. The van der Waals surface area contributed by atoms with Crippen molar-refractivity contribution in [3.05, 3.63) is 35.2 Å². The Morgan fingerprint density at radius 3 is 2.37 bits per heavy atom. The van der Waals surface area contributed by atoms with E-state index in [0.29, 0.717) is 35.7 Å². The molecular formula is C31H47N7O3. The molecule has 0 radical (unpaired) electrons. The molecule has 0 atom stereocenters. The number of nitrogens with zero attached hydrogens (tertiary/aromatic N) is 4. The number of aryl methyl sites for hydroxylation is 1. The number of anilines is 3. The Balaban J connectivity index is 1.34. The van der Waals surface area contributed by atoms with Gasteiger partial charge in [-0.3, -0.25) is 4.79 Å². The molecule has 1 saturated carbocycles. The Kier molecular flexibility index (Phi) is 9.62. The monoisotopic (exact) mass is 565 g/mol. The standard InChI is InChI=1S/C31H47N7O3/c1-4-26-30(33-21-5-8-24(39)9-6-21)36-31(28(35-26)29(32)40)34-22-7-10-27(41-3)25(19-22)20-11-17-38(18-12-20)23-13-15-37(2)16-14-23/h7,10,19-21,23-24,39H,4-6,8-9,11-18H2,1-3H3,(H2,32,40)(H2,33,34,36). The van der Waals surface area contributed by atoms with Crippen LogP contribution in [0.25, 0.3) is 0 Å². The van der Waals surface area contributed by atoms with E-state index in [9.17, 15) is 9.90 Å². The molecule has 3 aliphatic rings. The zero-order chi connectivity index (χ0) is 28.9. The number of nitrogens with one attached hydrogen (secondary N) is 2. The van der Waals surface area contributed by atoms with Gasteiger partial charge in [0, 0.05) is 17.8 Å². The lowest BCUT2D eigenvalue weighted by Crippen LogP contribution is -2.46. The number of hydrogen-bond acceptors (Lipinski definition) is 9. The minimum Gasteiger partial charge on any atom is -0.496 e. The van der Waals surface area contributed by atoms with Crippen molar-refractivity contribution in [3.63, 3.8) is 0 Å². The van der Waals surface area contributed by atoms with Crippen molar-refractivity contribution in [1.29, 1.82) is 0 Å². The number of carbonyl (C=O) groups is 1. The molecule has 224 valence electrons. The Bertz CT molecular complexity index is 1180. The molecule has 5 rings (SSSR count). The number of amides is 1. The molecule has 3 heterocycles. The predicted octanol–water partition coefficient (Wildman–Crippen LogP) is 3.88. The van der Waals surface area contributed by atoms with Gasteiger partial charge in [-0.2, -0.15) is 0 Å². The van der Waals surface area contributed by atoms with E-state index in [1.54, 1.807) is 7.11 Å². The van der Waals surface area contributed by atoms with E-state index in [0.717, 1.165) is 63.1 Å². The summed E-state index contributed by atoms with van der Waals surface area (Å²) in [6.45, 7) is 6.56. The number of aliphatic hydroxyl groups is 1. The maximum Gasteiger partial charge on any atom is 0.271 e. The summed E-state index contributed by atoms with van der Waals surface area (Å²) >= 11 is 0. The number of hydrogen-bond donors (Lipinski definition) is 4. The number of benzene rings is 1. The van der Waals surface area contributed by atoms with Gasteiger partial charge in [0.05, 0.1) is 18.9 Å². The van der Waals surface area contributed by atoms with Gasteiger partial charge in [0.15, 0.2) is 11.5 Å². The first kappa shape index (κ1) is 29.5. The van der Waals surface area contributed by atoms with E-state index in [1.807, 2.05) is 19.1 Å². The van der Waals surface area contributed by atoms with E-state index in [1.165, 1.54) is 31.5 Å². The first-order chi connectivity index (χ1) is 19.8. The molecule has 41 heavy (non-hydrogen) atoms. The molecule has 0 unspecified atom stereocenters. The number of piperidine rings is 2. The highest BCUT2D eigenvalue weighted by Gasteiger charge is 2.29. The summed E-state index contributed by atoms with van der Waals surface area (Å²) in [6, 6.07) is 6.97. The van der Waals surface area contributed by atoms with Crippen LogP contribution in [0.4, 0.5) is 17.3 Å². The van der Waals surface area contributed by atoms with Crippen LogP contribution in [-0.4, -0.2) is 89.3 Å². The van der Waals surface area contributed by atoms with Crippen molar-refractivity contribution in [1.82, 2.24) is 19.8 Å². The van der Waals surface area contributed by atoms with Crippen molar-refractivity contribution < 1.29 is 14.6 Å². The van der Waals surface area contributed by atoms with Gasteiger partial charge >= 0.3 is 0 Å². The fourth-order valence-corrected chi connectivity index (χ4v) is 6.71. The molecule has 5 N–H and O–H groups in total. The number of primary amides is 1. The summed E-state index contributed by atoms with van der Waals surface area (Å²) in [7, 11) is 3.94.